The van der Waals surface area contributed by atoms with Gasteiger partial charge in [0.1, 0.15) is 0 Å². The molecule has 1 rings (SSSR count). The Hall–Kier alpha value is -1.36. The molecule has 1 aromatic carbocycles. The molecule has 0 spiro atoms. The predicted octanol–water partition coefficient (Wildman–Crippen LogP) is 1.97. The van der Waals surface area contributed by atoms with Crippen molar-refractivity contribution in [3.8, 4) is 12.3 Å². The number of hydrogen-bond donors (Lipinski definition) is 0. The molecule has 0 fully saturated rings. The van der Waals surface area contributed by atoms with Gasteiger partial charge < -0.3 is 0 Å². The summed E-state index contributed by atoms with van der Waals surface area (Å²) in [6.07, 6.45) is 5.10. The summed E-state index contributed by atoms with van der Waals surface area (Å²) in [5.41, 5.74) is 0.938. The van der Waals surface area contributed by atoms with E-state index in [-0.39, 0.29) is 9.41 Å². The highest BCUT2D eigenvalue weighted by molar-refractivity contribution is 5.30. The lowest BCUT2D eigenvalue weighted by molar-refractivity contribution is 1.11. The Balaban J connectivity index is 0. The van der Waals surface area contributed by atoms with Crippen molar-refractivity contribution in [3.63, 3.8) is 0 Å². The molecule has 0 N–H and O–H groups in total. The molecule has 0 atom stereocenters. The summed E-state index contributed by atoms with van der Waals surface area (Å²) >= 11 is 0. The average molecular weight is 142 g/mol. The molecule has 0 bridgehead atoms. The molecular formula is C8H8F2. The van der Waals surface area contributed by atoms with Crippen molar-refractivity contribution in [2.45, 2.75) is 0 Å². The summed E-state index contributed by atoms with van der Waals surface area (Å²) in [4.78, 5) is 0. The van der Waals surface area contributed by atoms with Crippen LogP contribution in [-0.4, -0.2) is 0 Å². The molecule has 0 heterocycles. The monoisotopic (exact) mass is 142 g/mol. The number of hydrogen-bond acceptors (Lipinski definition) is 0. The minimum Gasteiger partial charge on any atom is -0.269 e. The number of halogens is 2. The molecule has 0 aromatic heterocycles. The van der Waals surface area contributed by atoms with Gasteiger partial charge in [0.15, 0.2) is 0 Å². The highest BCUT2D eigenvalue weighted by Crippen LogP contribution is 1.92. The van der Waals surface area contributed by atoms with E-state index in [9.17, 15) is 0 Å². The highest BCUT2D eigenvalue weighted by atomic mass is 19.0. The molecule has 0 unspecified atom stereocenters. The molecule has 0 saturated heterocycles. The van der Waals surface area contributed by atoms with E-state index in [1.54, 1.807) is 0 Å². The third-order valence-electron chi connectivity index (χ3n) is 0.940. The molecular weight excluding hydrogens is 134 g/mol. The van der Waals surface area contributed by atoms with Crippen LogP contribution >= 0.6 is 0 Å². The second kappa shape index (κ2) is 5.77. The lowest BCUT2D eigenvalue weighted by Gasteiger charge is -1.82. The van der Waals surface area contributed by atoms with Crippen molar-refractivity contribution in [2.24, 2.45) is 0 Å². The third kappa shape index (κ3) is 2.83. The first-order valence-corrected chi connectivity index (χ1v) is 2.45. The van der Waals surface area contributed by atoms with Gasteiger partial charge in [-0.05, 0) is 12.1 Å². The van der Waals surface area contributed by atoms with Gasteiger partial charge in [-0.2, -0.15) is 0 Å². The van der Waals surface area contributed by atoms with Crippen LogP contribution in [0, 0.1) is 12.3 Å². The van der Waals surface area contributed by atoms with Gasteiger partial charge in [-0.3, -0.25) is 9.41 Å². The van der Waals surface area contributed by atoms with Crippen molar-refractivity contribution in [3.05, 3.63) is 35.9 Å². The average Bonchev–Trinajstić information content (AvgIpc) is 1.90. The first-order chi connectivity index (χ1) is 3.93. The van der Waals surface area contributed by atoms with Crippen LogP contribution in [0.4, 0.5) is 9.41 Å². The molecule has 0 amide bonds. The van der Waals surface area contributed by atoms with E-state index < -0.39 is 0 Å². The Labute approximate surface area is 58.6 Å². The molecule has 0 aliphatic heterocycles. The van der Waals surface area contributed by atoms with Crippen LogP contribution in [0.25, 0.3) is 0 Å². The van der Waals surface area contributed by atoms with Gasteiger partial charge in [0, 0.05) is 5.56 Å². The van der Waals surface area contributed by atoms with Crippen LogP contribution in [0.1, 0.15) is 5.56 Å². The summed E-state index contributed by atoms with van der Waals surface area (Å²) in [7, 11) is 0. The molecule has 0 aliphatic rings. The number of benzene rings is 1. The quantitative estimate of drug-likeness (QED) is 0.486. The molecule has 0 saturated carbocycles. The van der Waals surface area contributed by atoms with E-state index in [1.165, 1.54) is 0 Å². The van der Waals surface area contributed by atoms with Crippen LogP contribution in [0.15, 0.2) is 30.3 Å². The molecule has 10 heavy (non-hydrogen) atoms. The zero-order valence-electron chi connectivity index (χ0n) is 5.28. The van der Waals surface area contributed by atoms with E-state index in [0.717, 1.165) is 5.56 Å². The lowest BCUT2D eigenvalue weighted by Crippen LogP contribution is -1.66. The van der Waals surface area contributed by atoms with E-state index >= 15 is 0 Å². The van der Waals surface area contributed by atoms with E-state index in [0.29, 0.717) is 0 Å². The van der Waals surface area contributed by atoms with Gasteiger partial charge in [-0.25, -0.2) is 0 Å². The van der Waals surface area contributed by atoms with Crippen molar-refractivity contribution < 1.29 is 9.41 Å². The standard InChI is InChI=1S/C8H6.2FH/c1-2-8-6-4-3-5-7-8;;/h1,3-7H;2*1H. The maximum atomic E-state index is 5.10. The van der Waals surface area contributed by atoms with Crippen molar-refractivity contribution in [2.75, 3.05) is 0 Å². The molecule has 0 nitrogen and oxygen atoms in total. The second-order valence-electron chi connectivity index (χ2n) is 1.51. The fraction of sp³-hybridized carbons (Fsp3) is 0. The lowest BCUT2D eigenvalue weighted by atomic mass is 10.2. The van der Waals surface area contributed by atoms with Gasteiger partial charge in [-0.15, -0.1) is 6.42 Å². The van der Waals surface area contributed by atoms with Crippen molar-refractivity contribution in [1.82, 2.24) is 0 Å². The summed E-state index contributed by atoms with van der Waals surface area (Å²) in [5, 5.41) is 0. The summed E-state index contributed by atoms with van der Waals surface area (Å²) in [6.45, 7) is 0. The predicted molar refractivity (Wildman–Crippen MR) is 39.4 cm³/mol. The van der Waals surface area contributed by atoms with Crippen LogP contribution in [0.2, 0.25) is 0 Å². The Morgan fingerprint density at radius 1 is 1.00 bits per heavy atom. The van der Waals surface area contributed by atoms with Gasteiger partial charge in [-0.1, -0.05) is 24.1 Å². The minimum atomic E-state index is 0. The van der Waals surface area contributed by atoms with Crippen molar-refractivity contribution in [1.29, 1.82) is 0 Å². The first-order valence-electron chi connectivity index (χ1n) is 2.45. The Morgan fingerprint density at radius 2 is 1.50 bits per heavy atom. The van der Waals surface area contributed by atoms with Gasteiger partial charge in [0.25, 0.3) is 0 Å². The zero-order valence-corrected chi connectivity index (χ0v) is 5.28. The van der Waals surface area contributed by atoms with Gasteiger partial charge in [0.05, 0.1) is 0 Å². The number of terminal acetylenes is 1. The SMILES string of the molecule is C#Cc1ccccc1.F.F. The van der Waals surface area contributed by atoms with Crippen LogP contribution < -0.4 is 0 Å². The van der Waals surface area contributed by atoms with Crippen LogP contribution in [-0.2, 0) is 0 Å². The molecule has 2 heteroatoms. The molecule has 1 aromatic rings. The third-order valence-corrected chi connectivity index (χ3v) is 0.940. The Bertz CT molecular complexity index is 198. The van der Waals surface area contributed by atoms with Crippen molar-refractivity contribution >= 4 is 0 Å². The van der Waals surface area contributed by atoms with E-state index in [4.69, 9.17) is 6.42 Å². The normalized spacial score (nSPS) is 6.30. The summed E-state index contributed by atoms with van der Waals surface area (Å²) < 4.78 is 0. The van der Waals surface area contributed by atoms with E-state index in [2.05, 4.69) is 5.92 Å². The Morgan fingerprint density at radius 3 is 1.80 bits per heavy atom. The summed E-state index contributed by atoms with van der Waals surface area (Å²) in [5.74, 6) is 2.53. The van der Waals surface area contributed by atoms with Gasteiger partial charge >= 0.3 is 0 Å². The van der Waals surface area contributed by atoms with Crippen LogP contribution in [0.3, 0.4) is 0 Å². The molecule has 0 aliphatic carbocycles. The summed E-state index contributed by atoms with van der Waals surface area (Å²) in [6, 6.07) is 9.60. The smallest absolute Gasteiger partial charge is 0.0242 e. The fourth-order valence-electron chi connectivity index (χ4n) is 0.534. The van der Waals surface area contributed by atoms with Crippen LogP contribution in [0.5, 0.6) is 0 Å². The number of rotatable bonds is 0. The zero-order chi connectivity index (χ0) is 5.82. The maximum absolute atomic E-state index is 5.10. The van der Waals surface area contributed by atoms with E-state index in [1.807, 2.05) is 30.3 Å². The molecule has 0 radical (unpaired) electrons. The highest BCUT2D eigenvalue weighted by Gasteiger charge is 1.76. The first kappa shape index (κ1) is 11.4. The largest absolute Gasteiger partial charge is 0.269 e. The maximum Gasteiger partial charge on any atom is 0.0242 e. The fourth-order valence-corrected chi connectivity index (χ4v) is 0.534. The minimum absolute atomic E-state index is 0. The molecule has 54 valence electrons. The second-order valence-corrected chi connectivity index (χ2v) is 1.51. The Kier molecular flexibility index (Phi) is 6.60. The van der Waals surface area contributed by atoms with Gasteiger partial charge in [0.2, 0.25) is 0 Å². The topological polar surface area (TPSA) is 0 Å².